The van der Waals surface area contributed by atoms with Crippen LogP contribution >= 0.6 is 0 Å². The molecule has 1 amide bonds. The molecular formula is C16H21N3O3. The molecule has 0 radical (unpaired) electrons. The fourth-order valence-electron chi connectivity index (χ4n) is 2.96. The standard InChI is InChI=1S/C16H21N3O3/c20-16(21)18-13-7-8-14-11(9-13)10-22-15(19-14)17-12-5-3-1-2-4-6-12/h7-9,12,18H,1-6,10H2,(H,17,19)(H,20,21). The van der Waals surface area contributed by atoms with Crippen LogP contribution in [0, 0.1) is 0 Å². The van der Waals surface area contributed by atoms with Crippen molar-refractivity contribution in [1.82, 2.24) is 0 Å². The van der Waals surface area contributed by atoms with Gasteiger partial charge in [0.1, 0.15) is 6.61 Å². The Labute approximate surface area is 129 Å². The summed E-state index contributed by atoms with van der Waals surface area (Å²) >= 11 is 0. The third-order valence-electron chi connectivity index (χ3n) is 4.09. The van der Waals surface area contributed by atoms with Crippen molar-refractivity contribution >= 4 is 23.5 Å². The minimum Gasteiger partial charge on any atom is -0.465 e. The Balaban J connectivity index is 1.69. The molecule has 0 aromatic heterocycles. The van der Waals surface area contributed by atoms with E-state index in [1.165, 1.54) is 25.7 Å². The lowest BCUT2D eigenvalue weighted by Crippen LogP contribution is -2.24. The smallest absolute Gasteiger partial charge is 0.409 e. The van der Waals surface area contributed by atoms with Gasteiger partial charge in [-0.2, -0.15) is 0 Å². The highest BCUT2D eigenvalue weighted by atomic mass is 16.5. The highest BCUT2D eigenvalue weighted by Crippen LogP contribution is 2.26. The van der Waals surface area contributed by atoms with E-state index in [0.717, 1.165) is 24.1 Å². The first kappa shape index (κ1) is 14.7. The number of hydrogen-bond acceptors (Lipinski definition) is 3. The third-order valence-corrected chi connectivity index (χ3v) is 4.09. The molecule has 1 aromatic carbocycles. The van der Waals surface area contributed by atoms with E-state index in [1.54, 1.807) is 12.1 Å². The van der Waals surface area contributed by atoms with Crippen LogP contribution in [0.2, 0.25) is 0 Å². The molecule has 0 spiro atoms. The fourth-order valence-corrected chi connectivity index (χ4v) is 2.96. The molecule has 1 aliphatic carbocycles. The zero-order chi connectivity index (χ0) is 15.4. The van der Waals surface area contributed by atoms with Crippen molar-refractivity contribution in [2.24, 2.45) is 4.99 Å². The maximum absolute atomic E-state index is 10.7. The first-order valence-electron chi connectivity index (χ1n) is 7.81. The summed E-state index contributed by atoms with van der Waals surface area (Å²) in [6, 6.07) is 6.29. The van der Waals surface area contributed by atoms with E-state index in [2.05, 4.69) is 10.6 Å². The molecule has 0 atom stereocenters. The van der Waals surface area contributed by atoms with Gasteiger partial charge in [-0.05, 0) is 31.0 Å². The van der Waals surface area contributed by atoms with Crippen molar-refractivity contribution in [2.75, 3.05) is 10.6 Å². The summed E-state index contributed by atoms with van der Waals surface area (Å²) in [4.78, 5) is 15.4. The van der Waals surface area contributed by atoms with Gasteiger partial charge in [0.05, 0.1) is 6.04 Å². The maximum Gasteiger partial charge on any atom is 0.409 e. The number of amides is 1. The van der Waals surface area contributed by atoms with Crippen molar-refractivity contribution in [1.29, 1.82) is 0 Å². The van der Waals surface area contributed by atoms with E-state index in [0.29, 0.717) is 24.4 Å². The van der Waals surface area contributed by atoms with Crippen LogP contribution in [-0.2, 0) is 11.3 Å². The van der Waals surface area contributed by atoms with E-state index < -0.39 is 6.09 Å². The Morgan fingerprint density at radius 1 is 1.27 bits per heavy atom. The number of amidine groups is 1. The zero-order valence-electron chi connectivity index (χ0n) is 12.5. The van der Waals surface area contributed by atoms with Crippen LogP contribution in [0.25, 0.3) is 0 Å². The monoisotopic (exact) mass is 303 g/mol. The van der Waals surface area contributed by atoms with E-state index >= 15 is 0 Å². The van der Waals surface area contributed by atoms with Crippen LogP contribution in [0.3, 0.4) is 0 Å². The maximum atomic E-state index is 10.7. The quantitative estimate of drug-likeness (QED) is 0.726. The minimum atomic E-state index is -1.07. The second-order valence-electron chi connectivity index (χ2n) is 5.80. The molecule has 0 unspecified atom stereocenters. The van der Waals surface area contributed by atoms with Gasteiger partial charge in [0, 0.05) is 16.9 Å². The van der Waals surface area contributed by atoms with Gasteiger partial charge >= 0.3 is 6.09 Å². The largest absolute Gasteiger partial charge is 0.465 e. The first-order valence-corrected chi connectivity index (χ1v) is 7.81. The van der Waals surface area contributed by atoms with Gasteiger partial charge in [0.25, 0.3) is 6.02 Å². The molecule has 3 N–H and O–H groups in total. The number of ether oxygens (including phenoxy) is 1. The lowest BCUT2D eigenvalue weighted by molar-refractivity contribution is 0.209. The van der Waals surface area contributed by atoms with Crippen molar-refractivity contribution in [3.8, 4) is 0 Å². The second kappa shape index (κ2) is 6.68. The van der Waals surface area contributed by atoms with E-state index in [4.69, 9.17) is 14.8 Å². The van der Waals surface area contributed by atoms with Crippen LogP contribution in [0.4, 0.5) is 16.2 Å². The summed E-state index contributed by atoms with van der Waals surface area (Å²) < 4.78 is 5.67. The van der Waals surface area contributed by atoms with Crippen molar-refractivity contribution in [2.45, 2.75) is 51.2 Å². The van der Waals surface area contributed by atoms with Crippen LogP contribution in [0.1, 0.15) is 44.1 Å². The van der Waals surface area contributed by atoms with E-state index in [1.807, 2.05) is 6.07 Å². The molecule has 2 aliphatic rings. The third kappa shape index (κ3) is 3.69. The lowest BCUT2D eigenvalue weighted by atomic mass is 10.1. The molecule has 22 heavy (non-hydrogen) atoms. The van der Waals surface area contributed by atoms with Gasteiger partial charge in [-0.25, -0.2) is 9.79 Å². The Morgan fingerprint density at radius 2 is 2.05 bits per heavy atom. The molecule has 0 saturated heterocycles. The number of aliphatic imine (C=N–C) groups is 1. The molecule has 6 heteroatoms. The van der Waals surface area contributed by atoms with Crippen LogP contribution < -0.4 is 10.6 Å². The van der Waals surface area contributed by atoms with Crippen LogP contribution in [0.15, 0.2) is 23.2 Å². The number of nitrogens with one attached hydrogen (secondary N) is 2. The molecular weight excluding hydrogens is 282 g/mol. The van der Waals surface area contributed by atoms with E-state index in [-0.39, 0.29) is 0 Å². The normalized spacial score (nSPS) is 20.5. The Morgan fingerprint density at radius 3 is 2.77 bits per heavy atom. The Bertz CT molecular complexity index is 578. The summed E-state index contributed by atoms with van der Waals surface area (Å²) in [6.45, 7) is 0.406. The average molecular weight is 303 g/mol. The molecule has 1 heterocycles. The van der Waals surface area contributed by atoms with E-state index in [9.17, 15) is 4.79 Å². The number of hydrogen-bond donors (Lipinski definition) is 3. The predicted octanol–water partition coefficient (Wildman–Crippen LogP) is 3.80. The number of nitrogens with zero attached hydrogens (tertiary/aromatic N) is 1. The molecule has 6 nitrogen and oxygen atoms in total. The molecule has 1 saturated carbocycles. The molecule has 3 rings (SSSR count). The van der Waals surface area contributed by atoms with Crippen molar-refractivity contribution in [3.63, 3.8) is 0 Å². The van der Waals surface area contributed by atoms with Gasteiger partial charge in [-0.3, -0.25) is 5.32 Å². The second-order valence-corrected chi connectivity index (χ2v) is 5.80. The highest BCUT2D eigenvalue weighted by molar-refractivity contribution is 5.92. The summed E-state index contributed by atoms with van der Waals surface area (Å²) in [5.74, 6) is 0. The summed E-state index contributed by atoms with van der Waals surface area (Å²) in [5, 5.41) is 14.3. The predicted molar refractivity (Wildman–Crippen MR) is 85.4 cm³/mol. The summed E-state index contributed by atoms with van der Waals surface area (Å²) in [6.07, 6.45) is 6.27. The van der Waals surface area contributed by atoms with Crippen molar-refractivity contribution < 1.29 is 14.6 Å². The Kier molecular flexibility index (Phi) is 4.46. The zero-order valence-corrected chi connectivity index (χ0v) is 12.5. The Hall–Kier alpha value is -2.24. The number of carbonyl (C=O) groups is 1. The first-order chi connectivity index (χ1) is 10.7. The van der Waals surface area contributed by atoms with Crippen LogP contribution in [0.5, 0.6) is 0 Å². The average Bonchev–Trinajstić information content (AvgIpc) is 2.75. The molecule has 1 fully saturated rings. The summed E-state index contributed by atoms with van der Waals surface area (Å²) in [5.41, 5.74) is 2.39. The lowest BCUT2D eigenvalue weighted by Gasteiger charge is -2.22. The molecule has 0 bridgehead atoms. The van der Waals surface area contributed by atoms with Crippen LogP contribution in [-0.4, -0.2) is 23.3 Å². The molecule has 118 valence electrons. The van der Waals surface area contributed by atoms with Gasteiger partial charge in [-0.15, -0.1) is 0 Å². The SMILES string of the molecule is O=C(O)Nc1ccc2c(c1)COC(=NC1CCCCCC1)N2. The molecule has 1 aliphatic heterocycles. The molecule has 1 aromatic rings. The minimum absolute atomic E-state index is 0.347. The number of anilines is 2. The highest BCUT2D eigenvalue weighted by Gasteiger charge is 2.18. The number of benzene rings is 1. The number of rotatable bonds is 2. The van der Waals surface area contributed by atoms with Gasteiger partial charge in [0.2, 0.25) is 0 Å². The van der Waals surface area contributed by atoms with Gasteiger partial charge < -0.3 is 15.2 Å². The summed E-state index contributed by atoms with van der Waals surface area (Å²) in [7, 11) is 0. The van der Waals surface area contributed by atoms with Gasteiger partial charge in [-0.1, -0.05) is 25.7 Å². The number of fused-ring (bicyclic) bond motifs is 1. The van der Waals surface area contributed by atoms with Crippen molar-refractivity contribution in [3.05, 3.63) is 23.8 Å². The number of carboxylic acid groups (broad SMARTS) is 1. The topological polar surface area (TPSA) is 83.0 Å². The fraction of sp³-hybridized carbons (Fsp3) is 0.500. The van der Waals surface area contributed by atoms with Gasteiger partial charge in [0.15, 0.2) is 0 Å².